The SMILES string of the molecule is CC.CC(O)c1cccc2c1CCC=C2. The molecule has 1 aromatic carbocycles. The molecule has 0 spiro atoms. The van der Waals surface area contributed by atoms with Crippen LogP contribution in [0.1, 0.15) is 50.0 Å². The summed E-state index contributed by atoms with van der Waals surface area (Å²) in [5.41, 5.74) is 3.67. The maximum atomic E-state index is 9.56. The van der Waals surface area contributed by atoms with E-state index in [2.05, 4.69) is 18.2 Å². The highest BCUT2D eigenvalue weighted by atomic mass is 16.3. The highest BCUT2D eigenvalue weighted by molar-refractivity contribution is 5.58. The second-order valence-electron chi connectivity index (χ2n) is 3.53. The van der Waals surface area contributed by atoms with Gasteiger partial charge in [0.25, 0.3) is 0 Å². The number of hydrogen-bond acceptors (Lipinski definition) is 1. The molecule has 0 bridgehead atoms. The fourth-order valence-corrected chi connectivity index (χ4v) is 1.90. The molecule has 1 N–H and O–H groups in total. The van der Waals surface area contributed by atoms with Crippen molar-refractivity contribution in [1.29, 1.82) is 0 Å². The summed E-state index contributed by atoms with van der Waals surface area (Å²) in [5, 5.41) is 9.56. The Morgan fingerprint density at radius 3 is 2.67 bits per heavy atom. The Bertz CT molecular complexity index is 337. The van der Waals surface area contributed by atoms with Crippen LogP contribution < -0.4 is 0 Å². The third kappa shape index (κ3) is 2.69. The third-order valence-corrected chi connectivity index (χ3v) is 2.56. The molecule has 0 radical (unpaired) electrons. The van der Waals surface area contributed by atoms with E-state index >= 15 is 0 Å². The van der Waals surface area contributed by atoms with E-state index in [9.17, 15) is 5.11 Å². The van der Waals surface area contributed by atoms with E-state index in [1.54, 1.807) is 0 Å². The lowest BCUT2D eigenvalue weighted by Gasteiger charge is -2.16. The topological polar surface area (TPSA) is 20.2 Å². The summed E-state index contributed by atoms with van der Waals surface area (Å²) < 4.78 is 0. The second kappa shape index (κ2) is 5.72. The first-order valence-electron chi connectivity index (χ1n) is 5.75. The van der Waals surface area contributed by atoms with Gasteiger partial charge in [0, 0.05) is 0 Å². The number of aliphatic hydroxyl groups excluding tert-OH is 1. The predicted molar refractivity (Wildman–Crippen MR) is 65.8 cm³/mol. The van der Waals surface area contributed by atoms with E-state index in [0.717, 1.165) is 18.4 Å². The molecule has 2 rings (SSSR count). The van der Waals surface area contributed by atoms with Gasteiger partial charge in [-0.1, -0.05) is 44.2 Å². The van der Waals surface area contributed by atoms with Crippen molar-refractivity contribution in [3.05, 3.63) is 41.0 Å². The van der Waals surface area contributed by atoms with Gasteiger partial charge < -0.3 is 5.11 Å². The molecule has 1 aliphatic rings. The number of hydrogen-bond donors (Lipinski definition) is 1. The van der Waals surface area contributed by atoms with E-state index in [-0.39, 0.29) is 6.10 Å². The van der Waals surface area contributed by atoms with Gasteiger partial charge in [-0.25, -0.2) is 0 Å². The number of fused-ring (bicyclic) bond motifs is 1. The Morgan fingerprint density at radius 1 is 1.27 bits per heavy atom. The fraction of sp³-hybridized carbons (Fsp3) is 0.429. The minimum Gasteiger partial charge on any atom is -0.389 e. The summed E-state index contributed by atoms with van der Waals surface area (Å²) in [5.74, 6) is 0. The van der Waals surface area contributed by atoms with Crippen molar-refractivity contribution in [3.63, 3.8) is 0 Å². The maximum Gasteiger partial charge on any atom is 0.0764 e. The molecule has 0 saturated carbocycles. The van der Waals surface area contributed by atoms with Crippen molar-refractivity contribution in [1.82, 2.24) is 0 Å². The van der Waals surface area contributed by atoms with Gasteiger partial charge in [-0.15, -0.1) is 0 Å². The summed E-state index contributed by atoms with van der Waals surface area (Å²) in [6.07, 6.45) is 6.14. The van der Waals surface area contributed by atoms with Gasteiger partial charge in [0.2, 0.25) is 0 Å². The van der Waals surface area contributed by atoms with Crippen LogP contribution in [0.2, 0.25) is 0 Å². The summed E-state index contributed by atoms with van der Waals surface area (Å²) >= 11 is 0. The molecular formula is C14H20O. The zero-order chi connectivity index (χ0) is 11.3. The first-order valence-corrected chi connectivity index (χ1v) is 5.75. The Hall–Kier alpha value is -1.08. The van der Waals surface area contributed by atoms with Crippen LogP contribution in [0.5, 0.6) is 0 Å². The zero-order valence-electron chi connectivity index (χ0n) is 9.83. The molecule has 1 unspecified atom stereocenters. The van der Waals surface area contributed by atoms with Crippen molar-refractivity contribution in [2.75, 3.05) is 0 Å². The van der Waals surface area contributed by atoms with Crippen molar-refractivity contribution < 1.29 is 5.11 Å². The Kier molecular flexibility index (Phi) is 4.57. The van der Waals surface area contributed by atoms with Gasteiger partial charge in [-0.3, -0.25) is 0 Å². The van der Waals surface area contributed by atoms with Gasteiger partial charge in [0.15, 0.2) is 0 Å². The minimum absolute atomic E-state index is 0.346. The first-order chi connectivity index (χ1) is 7.29. The van der Waals surface area contributed by atoms with Gasteiger partial charge in [0.1, 0.15) is 0 Å². The largest absolute Gasteiger partial charge is 0.389 e. The minimum atomic E-state index is -0.346. The van der Waals surface area contributed by atoms with Gasteiger partial charge in [0.05, 0.1) is 6.10 Å². The normalized spacial score (nSPS) is 14.9. The third-order valence-electron chi connectivity index (χ3n) is 2.56. The predicted octanol–water partition coefficient (Wildman–Crippen LogP) is 3.73. The smallest absolute Gasteiger partial charge is 0.0764 e. The zero-order valence-corrected chi connectivity index (χ0v) is 9.83. The number of rotatable bonds is 1. The molecule has 1 aliphatic carbocycles. The molecule has 1 nitrogen and oxygen atoms in total. The molecule has 0 aliphatic heterocycles. The van der Waals surface area contributed by atoms with Crippen LogP contribution in [0.3, 0.4) is 0 Å². The molecule has 1 heteroatoms. The van der Waals surface area contributed by atoms with Crippen LogP contribution in [0.25, 0.3) is 6.08 Å². The molecule has 0 heterocycles. The van der Waals surface area contributed by atoms with Crippen molar-refractivity contribution in [2.45, 2.75) is 39.7 Å². The van der Waals surface area contributed by atoms with Crippen LogP contribution in [0.4, 0.5) is 0 Å². The van der Waals surface area contributed by atoms with Crippen molar-refractivity contribution in [3.8, 4) is 0 Å². The van der Waals surface area contributed by atoms with Crippen molar-refractivity contribution in [2.24, 2.45) is 0 Å². The quantitative estimate of drug-likeness (QED) is 0.739. The van der Waals surface area contributed by atoms with Gasteiger partial charge in [-0.05, 0) is 36.5 Å². The molecule has 15 heavy (non-hydrogen) atoms. The van der Waals surface area contributed by atoms with E-state index in [0.29, 0.717) is 0 Å². The lowest BCUT2D eigenvalue weighted by Crippen LogP contribution is -2.02. The lowest BCUT2D eigenvalue weighted by molar-refractivity contribution is 0.198. The van der Waals surface area contributed by atoms with Gasteiger partial charge in [-0.2, -0.15) is 0 Å². The van der Waals surface area contributed by atoms with Crippen LogP contribution in [0.15, 0.2) is 24.3 Å². The monoisotopic (exact) mass is 204 g/mol. The highest BCUT2D eigenvalue weighted by Crippen LogP contribution is 2.26. The average molecular weight is 204 g/mol. The number of allylic oxidation sites excluding steroid dienone is 1. The van der Waals surface area contributed by atoms with E-state index in [4.69, 9.17) is 0 Å². The van der Waals surface area contributed by atoms with Crippen LogP contribution in [-0.4, -0.2) is 5.11 Å². The van der Waals surface area contributed by atoms with Crippen LogP contribution >= 0.6 is 0 Å². The number of aliphatic hydroxyl groups is 1. The van der Waals surface area contributed by atoms with E-state index in [1.165, 1.54) is 11.1 Å². The first kappa shape index (κ1) is 12.0. The van der Waals surface area contributed by atoms with Crippen LogP contribution in [-0.2, 0) is 6.42 Å². The standard InChI is InChI=1S/C12H14O.C2H6/c1-9(13)11-8-4-6-10-5-2-3-7-12(10)11;1-2/h2,4-6,8-9,13H,3,7H2,1H3;1-2H3. The average Bonchev–Trinajstić information content (AvgIpc) is 2.31. The molecule has 0 aromatic heterocycles. The number of benzene rings is 1. The summed E-state index contributed by atoms with van der Waals surface area (Å²) in [4.78, 5) is 0. The van der Waals surface area contributed by atoms with E-state index in [1.807, 2.05) is 32.9 Å². The molecule has 82 valence electrons. The Labute approximate surface area is 92.5 Å². The molecule has 0 fully saturated rings. The summed E-state index contributed by atoms with van der Waals surface area (Å²) in [7, 11) is 0. The molecule has 0 amide bonds. The molecule has 1 atom stereocenters. The second-order valence-corrected chi connectivity index (χ2v) is 3.53. The van der Waals surface area contributed by atoms with Crippen molar-refractivity contribution >= 4 is 6.08 Å². The van der Waals surface area contributed by atoms with Gasteiger partial charge >= 0.3 is 0 Å². The fourth-order valence-electron chi connectivity index (χ4n) is 1.90. The van der Waals surface area contributed by atoms with E-state index < -0.39 is 0 Å². The highest BCUT2D eigenvalue weighted by Gasteiger charge is 2.11. The lowest BCUT2D eigenvalue weighted by atomic mass is 9.91. The molecule has 0 saturated heterocycles. The maximum absolute atomic E-state index is 9.56. The molecular weight excluding hydrogens is 184 g/mol. The summed E-state index contributed by atoms with van der Waals surface area (Å²) in [6, 6.07) is 6.14. The molecule has 1 aromatic rings. The Balaban J connectivity index is 0.000000531. The summed E-state index contributed by atoms with van der Waals surface area (Å²) in [6.45, 7) is 5.83. The van der Waals surface area contributed by atoms with Crippen LogP contribution in [0, 0.1) is 0 Å². The Morgan fingerprint density at radius 2 is 2.00 bits per heavy atom.